The first-order valence-corrected chi connectivity index (χ1v) is 16.5. The van der Waals surface area contributed by atoms with Crippen molar-refractivity contribution in [2.75, 3.05) is 13.2 Å². The lowest BCUT2D eigenvalue weighted by atomic mass is 9.99. The molecule has 0 aliphatic carbocycles. The number of carbonyl (C=O) groups is 1. The molecule has 0 bridgehead atoms. The monoisotopic (exact) mass is 773 g/mol. The van der Waals surface area contributed by atoms with Crippen molar-refractivity contribution in [3.63, 3.8) is 0 Å². The lowest BCUT2D eigenvalue weighted by molar-refractivity contribution is -0.278. The molecule has 0 saturated carbocycles. The molecule has 2 aliphatic rings. The van der Waals surface area contributed by atoms with Gasteiger partial charge in [0.1, 0.15) is 78.1 Å². The van der Waals surface area contributed by atoms with Crippen molar-refractivity contribution in [2.24, 2.45) is 0 Å². The van der Waals surface area contributed by atoms with Gasteiger partial charge in [-0.1, -0.05) is 12.1 Å². The molecule has 10 atom stereocenters. The summed E-state index contributed by atoms with van der Waals surface area (Å²) in [5.41, 5.74) is 0.238. The van der Waals surface area contributed by atoms with Crippen molar-refractivity contribution in [2.45, 2.75) is 61.4 Å². The van der Waals surface area contributed by atoms with Gasteiger partial charge in [0.2, 0.25) is 18.3 Å². The molecule has 6 rings (SSSR count). The fourth-order valence-electron chi connectivity index (χ4n) is 5.82. The van der Waals surface area contributed by atoms with Gasteiger partial charge in [-0.3, -0.25) is 0 Å². The number of aliphatic hydroxyl groups is 7. The van der Waals surface area contributed by atoms with Gasteiger partial charge < -0.3 is 85.0 Å². The van der Waals surface area contributed by atoms with Gasteiger partial charge in [0, 0.05) is 30.3 Å². The second-order valence-corrected chi connectivity index (χ2v) is 12.7. The molecule has 1 aromatic heterocycles. The van der Waals surface area contributed by atoms with Gasteiger partial charge in [-0.2, -0.15) is 0 Å². The van der Waals surface area contributed by atoms with Crippen molar-refractivity contribution in [3.8, 4) is 51.6 Å². The zero-order valence-electron chi connectivity index (χ0n) is 28.3. The molecule has 5 unspecified atom stereocenters. The number of aromatic hydroxyl groups is 5. The lowest BCUT2D eigenvalue weighted by Gasteiger charge is -2.40. The second-order valence-electron chi connectivity index (χ2n) is 12.7. The summed E-state index contributed by atoms with van der Waals surface area (Å²) in [6.07, 6.45) is -15.0. The highest BCUT2D eigenvalue weighted by Gasteiger charge is 2.47. The number of aliphatic hydroxyl groups excluding tert-OH is 7. The first-order valence-electron chi connectivity index (χ1n) is 16.5. The average molecular weight is 774 g/mol. The van der Waals surface area contributed by atoms with Gasteiger partial charge in [-0.25, -0.2) is 9.21 Å². The smallest absolute Gasteiger partial charge is 0.402 e. The third-order valence-electron chi connectivity index (χ3n) is 8.83. The van der Waals surface area contributed by atoms with Crippen LogP contribution in [0.2, 0.25) is 0 Å². The van der Waals surface area contributed by atoms with Gasteiger partial charge in [-0.15, -0.1) is 0 Å². The van der Waals surface area contributed by atoms with Gasteiger partial charge in [-0.05, 0) is 23.8 Å². The number of hydrogen-bond donors (Lipinski definition) is 12. The van der Waals surface area contributed by atoms with Crippen LogP contribution < -0.4 is 9.47 Å². The van der Waals surface area contributed by atoms with E-state index in [4.69, 9.17) is 28.1 Å². The van der Waals surface area contributed by atoms with Crippen molar-refractivity contribution in [1.82, 2.24) is 0 Å². The minimum absolute atomic E-state index is 0.0248. The number of benzene rings is 3. The summed E-state index contributed by atoms with van der Waals surface area (Å²) in [6.45, 7) is -1.41. The third-order valence-corrected chi connectivity index (χ3v) is 8.83. The highest BCUT2D eigenvalue weighted by Crippen LogP contribution is 2.45. The third kappa shape index (κ3) is 8.29. The first-order chi connectivity index (χ1) is 26.1. The molecule has 12 N–H and O–H groups in total. The first kappa shape index (κ1) is 39.2. The van der Waals surface area contributed by atoms with Crippen LogP contribution in [0.25, 0.3) is 28.4 Å². The van der Waals surface area contributed by atoms with Gasteiger partial charge in [0.15, 0.2) is 17.2 Å². The van der Waals surface area contributed by atoms with Crippen LogP contribution in [0.4, 0.5) is 0 Å². The van der Waals surface area contributed by atoms with Crippen LogP contribution in [0.15, 0.2) is 65.1 Å². The summed E-state index contributed by atoms with van der Waals surface area (Å²) in [5.74, 6) is -4.77. The van der Waals surface area contributed by atoms with Crippen molar-refractivity contribution >= 4 is 23.0 Å². The lowest BCUT2D eigenvalue weighted by Crippen LogP contribution is -2.60. The van der Waals surface area contributed by atoms with Gasteiger partial charge in [0.05, 0.1) is 18.2 Å². The summed E-state index contributed by atoms with van der Waals surface area (Å²) >= 11 is 0. The Hall–Kier alpha value is -5.48. The molecule has 0 amide bonds. The Morgan fingerprint density at radius 2 is 1.27 bits per heavy atom. The van der Waals surface area contributed by atoms with E-state index < -0.39 is 104 Å². The Balaban J connectivity index is 1.31. The average Bonchev–Trinajstić information content (AvgIpc) is 3.16. The molecule has 3 heterocycles. The van der Waals surface area contributed by atoms with E-state index in [0.717, 1.165) is 30.3 Å². The molecule has 2 fully saturated rings. The summed E-state index contributed by atoms with van der Waals surface area (Å²) < 4.78 is 34.0. The maximum atomic E-state index is 12.4. The quantitative estimate of drug-likeness (QED) is 0.0419. The molecule has 2 aliphatic heterocycles. The van der Waals surface area contributed by atoms with Crippen LogP contribution >= 0.6 is 0 Å². The Bertz CT molecular complexity index is 2010. The fourth-order valence-corrected chi connectivity index (χ4v) is 5.82. The van der Waals surface area contributed by atoms with E-state index in [1.165, 1.54) is 24.3 Å². The predicted molar refractivity (Wildman–Crippen MR) is 183 cm³/mol. The topological polar surface area (TPSA) is 317 Å². The molecule has 0 radical (unpaired) electrons. The number of hydrogen-bond acceptors (Lipinski definition) is 18. The van der Waals surface area contributed by atoms with Crippen LogP contribution in [0.3, 0.4) is 0 Å². The summed E-state index contributed by atoms with van der Waals surface area (Å²) in [5, 5.41) is 123. The summed E-state index contributed by atoms with van der Waals surface area (Å²) in [7, 11) is 0. The molecular weight excluding hydrogens is 736 g/mol. The van der Waals surface area contributed by atoms with E-state index in [1.807, 2.05) is 0 Å². The van der Waals surface area contributed by atoms with Crippen molar-refractivity contribution in [3.05, 3.63) is 66.2 Å². The molecule has 19 nitrogen and oxygen atoms in total. The van der Waals surface area contributed by atoms with Crippen LogP contribution in [-0.2, 0) is 19.0 Å². The van der Waals surface area contributed by atoms with E-state index in [2.05, 4.69) is 0 Å². The molecule has 3 aromatic carbocycles. The number of fused-ring (bicyclic) bond motifs is 1. The molecule has 4 aromatic rings. The Morgan fingerprint density at radius 1 is 0.691 bits per heavy atom. The maximum Gasteiger partial charge on any atom is 0.402 e. The number of phenols is 5. The van der Waals surface area contributed by atoms with Crippen LogP contribution in [-0.4, -0.2) is 142 Å². The maximum absolute atomic E-state index is 12.4. The van der Waals surface area contributed by atoms with E-state index >= 15 is 0 Å². The van der Waals surface area contributed by atoms with Crippen LogP contribution in [0.1, 0.15) is 5.56 Å². The summed E-state index contributed by atoms with van der Waals surface area (Å²) in [4.78, 5) is 12.4. The normalized spacial score (nSPS) is 28.3. The van der Waals surface area contributed by atoms with E-state index in [9.17, 15) is 66.1 Å². The summed E-state index contributed by atoms with van der Waals surface area (Å²) in [6, 6.07) is 11.2. The molecule has 19 heteroatoms. The molecule has 2 saturated heterocycles. The standard InChI is InChI=1S/C36H36O19/c37-12-24-28(44)30(46)32(48)36(54-24)53-23-11-18-21(51-34(23)15-7-19(40)27(43)20(41)8-15)9-17(39)10-22(18)52-35-33(49)31(47)29(45)25(55-35)13-50-26(42)6-3-14-1-4-16(38)5-2-14/h1-11,24-25,28-33,35-37,44-49H,12-13H2,(H4-,38,39,40,41,42,43)/p+1/t24?,25?,28-,29+,30?,31-,32?,33?,35+,36+/m0/s1. The highest BCUT2D eigenvalue weighted by molar-refractivity contribution is 5.89. The van der Waals surface area contributed by atoms with Crippen LogP contribution in [0, 0.1) is 0 Å². The second kappa shape index (κ2) is 16.1. The fraction of sp³-hybridized carbons (Fsp3) is 0.333. The number of rotatable bonds is 10. The molecular formula is C36H37O19+. The van der Waals surface area contributed by atoms with E-state index in [-0.39, 0.29) is 39.5 Å². The van der Waals surface area contributed by atoms with E-state index in [1.54, 1.807) is 12.1 Å². The van der Waals surface area contributed by atoms with Crippen molar-refractivity contribution < 1.29 is 94.2 Å². The Labute approximate surface area is 309 Å². The zero-order valence-corrected chi connectivity index (χ0v) is 28.3. The molecule has 0 spiro atoms. The van der Waals surface area contributed by atoms with Crippen LogP contribution in [0.5, 0.6) is 40.2 Å². The number of esters is 1. The highest BCUT2D eigenvalue weighted by atomic mass is 16.7. The van der Waals surface area contributed by atoms with Gasteiger partial charge >= 0.3 is 17.3 Å². The molecule has 294 valence electrons. The SMILES string of the molecule is O=C(/C=C/c1ccc(O)cc1)OCC1O[C@@H](Oc2cc(O)cc3[o+]c(-c4cc(O)c(O)c(O)c4)c(O[C@@H]4OC(CO)[C@H](O)C(O)C4O)cc23)C(O)[C@@H](O)[C@@H]1O. The molecule has 55 heavy (non-hydrogen) atoms. The predicted octanol–water partition coefficient (Wildman–Crippen LogP) is -0.469. The largest absolute Gasteiger partial charge is 0.508 e. The Morgan fingerprint density at radius 3 is 1.89 bits per heavy atom. The number of phenolic OH excluding ortho intramolecular Hbond substituents is 5. The Kier molecular flexibility index (Phi) is 11.5. The number of carbonyl (C=O) groups excluding carboxylic acids is 1. The van der Waals surface area contributed by atoms with Crippen molar-refractivity contribution in [1.29, 1.82) is 0 Å². The zero-order chi connectivity index (χ0) is 39.7. The number of ether oxygens (including phenoxy) is 5. The minimum atomic E-state index is -1.92. The minimum Gasteiger partial charge on any atom is -0.508 e. The van der Waals surface area contributed by atoms with E-state index in [0.29, 0.717) is 5.56 Å². The van der Waals surface area contributed by atoms with Gasteiger partial charge in [0.25, 0.3) is 0 Å².